The van der Waals surface area contributed by atoms with Crippen molar-refractivity contribution in [3.63, 3.8) is 0 Å². The molecular weight excluding hydrogens is 473 g/mol. The van der Waals surface area contributed by atoms with Crippen molar-refractivity contribution < 1.29 is 14.3 Å². The quantitative estimate of drug-likeness (QED) is 0.304. The van der Waals surface area contributed by atoms with Crippen molar-refractivity contribution in [3.8, 4) is 11.8 Å². The minimum absolute atomic E-state index is 0.0789. The van der Waals surface area contributed by atoms with E-state index in [-0.39, 0.29) is 23.0 Å². The molecule has 6 nitrogen and oxygen atoms in total. The highest BCUT2D eigenvalue weighted by molar-refractivity contribution is 6.33. The molecule has 3 aromatic rings. The first-order valence-electron chi connectivity index (χ1n) is 10.2. The van der Waals surface area contributed by atoms with Crippen LogP contribution in [0.1, 0.15) is 16.7 Å². The summed E-state index contributed by atoms with van der Waals surface area (Å²) in [4.78, 5) is 24.7. The molecule has 3 aromatic carbocycles. The van der Waals surface area contributed by atoms with Gasteiger partial charge in [0.25, 0.3) is 11.8 Å². The lowest BCUT2D eigenvalue weighted by Crippen LogP contribution is -2.20. The third kappa shape index (κ3) is 6.38. The number of benzene rings is 3. The second-order valence-corrected chi connectivity index (χ2v) is 8.19. The van der Waals surface area contributed by atoms with Crippen LogP contribution in [0.15, 0.2) is 66.2 Å². The van der Waals surface area contributed by atoms with Gasteiger partial charge in [0.05, 0.1) is 15.7 Å². The maximum absolute atomic E-state index is 12.6. The second kappa shape index (κ2) is 11.4. The summed E-state index contributed by atoms with van der Waals surface area (Å²) in [5.41, 5.74) is 3.53. The molecule has 0 spiro atoms. The van der Waals surface area contributed by atoms with Gasteiger partial charge >= 0.3 is 0 Å². The van der Waals surface area contributed by atoms with Crippen LogP contribution in [0.2, 0.25) is 10.0 Å². The maximum atomic E-state index is 12.6. The van der Waals surface area contributed by atoms with Gasteiger partial charge in [0, 0.05) is 5.69 Å². The number of carbonyl (C=O) groups is 2. The van der Waals surface area contributed by atoms with Crippen molar-refractivity contribution in [1.82, 2.24) is 0 Å². The van der Waals surface area contributed by atoms with Crippen LogP contribution in [0.25, 0.3) is 6.08 Å². The highest BCUT2D eigenvalue weighted by atomic mass is 35.5. The Morgan fingerprint density at radius 3 is 2.41 bits per heavy atom. The van der Waals surface area contributed by atoms with Crippen LogP contribution >= 0.6 is 23.2 Å². The minimum Gasteiger partial charge on any atom is -0.482 e. The van der Waals surface area contributed by atoms with E-state index in [2.05, 4.69) is 10.6 Å². The number of hydrogen-bond donors (Lipinski definition) is 2. The molecule has 2 amide bonds. The number of halogens is 2. The summed E-state index contributed by atoms with van der Waals surface area (Å²) < 4.78 is 5.50. The first-order valence-corrected chi connectivity index (χ1v) is 11.0. The zero-order valence-corrected chi connectivity index (χ0v) is 20.0. The number of aryl methyl sites for hydroxylation is 1. The minimum atomic E-state index is -0.524. The number of carbonyl (C=O) groups excluding carboxylic acids is 2. The fourth-order valence-corrected chi connectivity index (χ4v) is 3.43. The Bertz CT molecular complexity index is 1310. The first kappa shape index (κ1) is 24.8. The van der Waals surface area contributed by atoms with Crippen LogP contribution in [-0.4, -0.2) is 18.4 Å². The second-order valence-electron chi connectivity index (χ2n) is 7.38. The summed E-state index contributed by atoms with van der Waals surface area (Å²) in [6, 6.07) is 19.1. The van der Waals surface area contributed by atoms with Crippen LogP contribution in [-0.2, 0) is 9.59 Å². The topological polar surface area (TPSA) is 91.2 Å². The molecule has 0 atom stereocenters. The molecule has 0 aromatic heterocycles. The smallest absolute Gasteiger partial charge is 0.266 e. The molecule has 0 fully saturated rings. The number of amides is 2. The summed E-state index contributed by atoms with van der Waals surface area (Å²) >= 11 is 12.3. The Morgan fingerprint density at radius 1 is 0.971 bits per heavy atom. The van der Waals surface area contributed by atoms with E-state index in [0.717, 1.165) is 11.1 Å². The molecule has 0 heterocycles. The molecular formula is C26H21Cl2N3O3. The number of nitrogens with zero attached hydrogens (tertiary/aromatic N) is 1. The van der Waals surface area contributed by atoms with Gasteiger partial charge in [0.1, 0.15) is 17.4 Å². The Kier molecular flexibility index (Phi) is 8.31. The molecule has 0 radical (unpaired) electrons. The van der Waals surface area contributed by atoms with E-state index >= 15 is 0 Å². The van der Waals surface area contributed by atoms with Crippen molar-refractivity contribution in [2.24, 2.45) is 0 Å². The summed E-state index contributed by atoms with van der Waals surface area (Å²) in [5, 5.41) is 15.5. The average molecular weight is 494 g/mol. The Hall–Kier alpha value is -3.79. The summed E-state index contributed by atoms with van der Waals surface area (Å²) in [7, 11) is 0. The van der Waals surface area contributed by atoms with E-state index in [1.165, 1.54) is 6.08 Å². The highest BCUT2D eigenvalue weighted by Crippen LogP contribution is 2.27. The van der Waals surface area contributed by atoms with Crippen molar-refractivity contribution in [3.05, 3.63) is 93.0 Å². The summed E-state index contributed by atoms with van der Waals surface area (Å²) in [5.74, 6) is -0.640. The third-order valence-corrected chi connectivity index (χ3v) is 5.62. The zero-order chi connectivity index (χ0) is 24.7. The van der Waals surface area contributed by atoms with E-state index in [1.807, 2.05) is 32.0 Å². The van der Waals surface area contributed by atoms with Gasteiger partial charge in [-0.25, -0.2) is 0 Å². The van der Waals surface area contributed by atoms with Gasteiger partial charge in [-0.15, -0.1) is 0 Å². The van der Waals surface area contributed by atoms with Crippen molar-refractivity contribution >= 4 is 52.5 Å². The average Bonchev–Trinajstić information content (AvgIpc) is 2.81. The van der Waals surface area contributed by atoms with Crippen LogP contribution in [0.5, 0.6) is 5.75 Å². The molecule has 0 aliphatic rings. The van der Waals surface area contributed by atoms with Gasteiger partial charge < -0.3 is 15.4 Å². The first-order chi connectivity index (χ1) is 16.3. The Morgan fingerprint density at radius 2 is 1.71 bits per heavy atom. The third-order valence-electron chi connectivity index (χ3n) is 4.99. The van der Waals surface area contributed by atoms with Crippen molar-refractivity contribution in [1.29, 1.82) is 5.26 Å². The molecule has 8 heteroatoms. The number of anilines is 2. The van der Waals surface area contributed by atoms with Gasteiger partial charge in [-0.1, -0.05) is 53.5 Å². The van der Waals surface area contributed by atoms with Crippen LogP contribution < -0.4 is 15.4 Å². The van der Waals surface area contributed by atoms with Gasteiger partial charge in [0.15, 0.2) is 6.61 Å². The molecule has 172 valence electrons. The van der Waals surface area contributed by atoms with E-state index in [0.29, 0.717) is 22.0 Å². The summed E-state index contributed by atoms with van der Waals surface area (Å²) in [6.45, 7) is 3.56. The summed E-state index contributed by atoms with van der Waals surface area (Å²) in [6.07, 6.45) is 1.43. The highest BCUT2D eigenvalue weighted by Gasteiger charge is 2.13. The molecule has 0 bridgehead atoms. The largest absolute Gasteiger partial charge is 0.482 e. The predicted molar refractivity (Wildman–Crippen MR) is 135 cm³/mol. The molecule has 3 rings (SSSR count). The van der Waals surface area contributed by atoms with Gasteiger partial charge in [-0.05, 0) is 66.9 Å². The molecule has 0 aliphatic carbocycles. The van der Waals surface area contributed by atoms with Gasteiger partial charge in [0.2, 0.25) is 0 Å². The zero-order valence-electron chi connectivity index (χ0n) is 18.5. The number of nitriles is 1. The molecule has 2 N–H and O–H groups in total. The lowest BCUT2D eigenvalue weighted by Gasteiger charge is -2.11. The normalized spacial score (nSPS) is 10.9. The van der Waals surface area contributed by atoms with E-state index in [9.17, 15) is 14.9 Å². The van der Waals surface area contributed by atoms with Crippen LogP contribution in [0.4, 0.5) is 11.4 Å². The number of rotatable bonds is 7. The molecule has 0 saturated heterocycles. The lowest BCUT2D eigenvalue weighted by atomic mass is 10.1. The van der Waals surface area contributed by atoms with E-state index < -0.39 is 11.8 Å². The van der Waals surface area contributed by atoms with Gasteiger partial charge in [-0.2, -0.15) is 5.26 Å². The molecule has 0 aliphatic heterocycles. The SMILES string of the molecule is Cc1cccc(NC(=O)/C(C#N)=C\c2ccc(OCC(=O)Nc3ccccc3Cl)c(Cl)c2)c1C. The van der Waals surface area contributed by atoms with Crippen LogP contribution in [0.3, 0.4) is 0 Å². The Labute approximate surface area is 207 Å². The number of nitrogens with one attached hydrogen (secondary N) is 2. The fourth-order valence-electron chi connectivity index (χ4n) is 3.01. The van der Waals surface area contributed by atoms with Gasteiger partial charge in [-0.3, -0.25) is 9.59 Å². The van der Waals surface area contributed by atoms with Crippen molar-refractivity contribution in [2.75, 3.05) is 17.2 Å². The Balaban J connectivity index is 1.66. The number of para-hydroxylation sites is 1. The number of ether oxygens (including phenoxy) is 1. The lowest BCUT2D eigenvalue weighted by molar-refractivity contribution is -0.118. The van der Waals surface area contributed by atoms with Crippen molar-refractivity contribution in [2.45, 2.75) is 13.8 Å². The van der Waals surface area contributed by atoms with E-state index in [4.69, 9.17) is 27.9 Å². The molecule has 0 saturated carbocycles. The maximum Gasteiger partial charge on any atom is 0.266 e. The monoisotopic (exact) mass is 493 g/mol. The van der Waals surface area contributed by atoms with E-state index in [1.54, 1.807) is 48.5 Å². The molecule has 34 heavy (non-hydrogen) atoms. The molecule has 0 unspecified atom stereocenters. The fraction of sp³-hybridized carbons (Fsp3) is 0.115. The van der Waals surface area contributed by atoms with Crippen LogP contribution in [0, 0.1) is 25.2 Å². The standard InChI is InChI=1S/C26H21Cl2N3O3/c1-16-6-5-9-22(17(16)2)31-26(33)19(14-29)12-18-10-11-24(21(28)13-18)34-15-25(32)30-23-8-4-3-7-20(23)27/h3-13H,15H2,1-2H3,(H,30,32)(H,31,33)/b19-12-. The predicted octanol–water partition coefficient (Wildman–Crippen LogP) is 6.17. The number of hydrogen-bond acceptors (Lipinski definition) is 4.